The predicted octanol–water partition coefficient (Wildman–Crippen LogP) is 3.45. The summed E-state index contributed by atoms with van der Waals surface area (Å²) in [5.74, 6) is -0.0503. The van der Waals surface area contributed by atoms with E-state index in [0.29, 0.717) is 31.5 Å². The number of likely N-dealkylation sites (tertiary alicyclic amines) is 1. The molecule has 0 spiro atoms. The summed E-state index contributed by atoms with van der Waals surface area (Å²) in [5.41, 5.74) is 4.00. The summed E-state index contributed by atoms with van der Waals surface area (Å²) in [7, 11) is 5.23. The van der Waals surface area contributed by atoms with Crippen LogP contribution in [0, 0.1) is 0 Å². The first-order valence-electron chi connectivity index (χ1n) is 11.4. The molecule has 0 aromatic heterocycles. The van der Waals surface area contributed by atoms with Crippen LogP contribution in [0.5, 0.6) is 0 Å². The molecule has 9 nitrogen and oxygen atoms in total. The van der Waals surface area contributed by atoms with Gasteiger partial charge < -0.3 is 30.0 Å². The van der Waals surface area contributed by atoms with Gasteiger partial charge in [0.2, 0.25) is 5.91 Å². The number of anilines is 4. The molecule has 2 aliphatic heterocycles. The second-order valence-corrected chi connectivity index (χ2v) is 9.09. The van der Waals surface area contributed by atoms with E-state index < -0.39 is 6.09 Å². The molecule has 2 aromatic rings. The van der Waals surface area contributed by atoms with Gasteiger partial charge in [-0.05, 0) is 56.2 Å². The summed E-state index contributed by atoms with van der Waals surface area (Å²) in [6.45, 7) is 2.81. The third-order valence-electron chi connectivity index (χ3n) is 6.65. The largest absolute Gasteiger partial charge is 0.465 e. The molecule has 0 bridgehead atoms. The van der Waals surface area contributed by atoms with Crippen molar-refractivity contribution in [2.75, 3.05) is 49.3 Å². The van der Waals surface area contributed by atoms with Crippen LogP contribution in [-0.4, -0.2) is 79.1 Å². The van der Waals surface area contributed by atoms with Gasteiger partial charge in [0.1, 0.15) is 6.04 Å². The average molecular weight is 466 g/mol. The number of amides is 3. The van der Waals surface area contributed by atoms with E-state index in [1.165, 1.54) is 4.90 Å². The second kappa shape index (κ2) is 9.24. The van der Waals surface area contributed by atoms with E-state index in [1.54, 1.807) is 37.0 Å². The fourth-order valence-corrected chi connectivity index (χ4v) is 4.82. The van der Waals surface area contributed by atoms with E-state index in [0.717, 1.165) is 22.7 Å². The molecule has 180 valence electrons. The van der Waals surface area contributed by atoms with Crippen molar-refractivity contribution >= 4 is 40.7 Å². The SMILES string of the molecule is C[C@@H]1C(=O)N(C)c2ccc(Nc3cccc(C(=O)N(C)C)c3)cc2N1C1CCN(C(=O)O)CC1. The zero-order valence-corrected chi connectivity index (χ0v) is 20.0. The van der Waals surface area contributed by atoms with Crippen LogP contribution in [0.3, 0.4) is 0 Å². The highest BCUT2D eigenvalue weighted by Crippen LogP contribution is 2.40. The molecule has 4 rings (SSSR count). The summed E-state index contributed by atoms with van der Waals surface area (Å²) in [4.78, 5) is 43.5. The number of hydrogen-bond donors (Lipinski definition) is 2. The number of carboxylic acid groups (broad SMARTS) is 1. The number of nitrogens with zero attached hydrogens (tertiary/aromatic N) is 4. The van der Waals surface area contributed by atoms with Gasteiger partial charge >= 0.3 is 6.09 Å². The maximum atomic E-state index is 13.0. The molecule has 9 heteroatoms. The van der Waals surface area contributed by atoms with Crippen LogP contribution in [-0.2, 0) is 4.79 Å². The van der Waals surface area contributed by atoms with E-state index in [1.807, 2.05) is 43.3 Å². The van der Waals surface area contributed by atoms with E-state index in [4.69, 9.17) is 0 Å². The minimum Gasteiger partial charge on any atom is -0.465 e. The maximum Gasteiger partial charge on any atom is 0.407 e. The van der Waals surface area contributed by atoms with Crippen molar-refractivity contribution in [3.05, 3.63) is 48.0 Å². The van der Waals surface area contributed by atoms with Crippen molar-refractivity contribution in [2.45, 2.75) is 31.8 Å². The molecule has 2 N–H and O–H groups in total. The van der Waals surface area contributed by atoms with E-state index >= 15 is 0 Å². The molecule has 3 amide bonds. The molecule has 0 radical (unpaired) electrons. The molecule has 1 saturated heterocycles. The quantitative estimate of drug-likeness (QED) is 0.718. The Bertz CT molecular complexity index is 1110. The Kier molecular flexibility index (Phi) is 6.37. The molecule has 0 saturated carbocycles. The lowest BCUT2D eigenvalue weighted by Gasteiger charge is -2.46. The van der Waals surface area contributed by atoms with Gasteiger partial charge in [0.05, 0.1) is 11.4 Å². The third kappa shape index (κ3) is 4.37. The Morgan fingerprint density at radius 2 is 1.71 bits per heavy atom. The molecular weight excluding hydrogens is 434 g/mol. The van der Waals surface area contributed by atoms with Crippen molar-refractivity contribution in [3.63, 3.8) is 0 Å². The fourth-order valence-electron chi connectivity index (χ4n) is 4.82. The van der Waals surface area contributed by atoms with Gasteiger partial charge in [-0.15, -0.1) is 0 Å². The molecule has 2 aliphatic rings. The van der Waals surface area contributed by atoms with E-state index in [2.05, 4.69) is 10.2 Å². The van der Waals surface area contributed by atoms with Crippen molar-refractivity contribution in [2.24, 2.45) is 0 Å². The lowest BCUT2D eigenvalue weighted by atomic mass is 9.97. The van der Waals surface area contributed by atoms with Crippen LogP contribution in [0.2, 0.25) is 0 Å². The molecule has 0 unspecified atom stereocenters. The highest BCUT2D eigenvalue weighted by molar-refractivity contribution is 6.05. The van der Waals surface area contributed by atoms with E-state index in [-0.39, 0.29) is 23.9 Å². The number of carbonyl (C=O) groups is 3. The lowest BCUT2D eigenvalue weighted by molar-refractivity contribution is -0.119. The summed E-state index contributed by atoms with van der Waals surface area (Å²) >= 11 is 0. The first-order valence-corrected chi connectivity index (χ1v) is 11.4. The van der Waals surface area contributed by atoms with Gasteiger partial charge in [-0.1, -0.05) is 6.07 Å². The van der Waals surface area contributed by atoms with Crippen LogP contribution in [0.1, 0.15) is 30.1 Å². The maximum absolute atomic E-state index is 13.0. The van der Waals surface area contributed by atoms with Crippen molar-refractivity contribution in [3.8, 4) is 0 Å². The zero-order valence-electron chi connectivity index (χ0n) is 20.0. The minimum atomic E-state index is -0.900. The predicted molar refractivity (Wildman–Crippen MR) is 132 cm³/mol. The first kappa shape index (κ1) is 23.4. The lowest BCUT2D eigenvalue weighted by Crippen LogP contribution is -2.57. The van der Waals surface area contributed by atoms with Crippen molar-refractivity contribution in [1.29, 1.82) is 0 Å². The van der Waals surface area contributed by atoms with Crippen LogP contribution in [0.15, 0.2) is 42.5 Å². The summed E-state index contributed by atoms with van der Waals surface area (Å²) in [5, 5.41) is 12.7. The number of fused-ring (bicyclic) bond motifs is 1. The number of hydrogen-bond acceptors (Lipinski definition) is 5. The Balaban J connectivity index is 1.63. The minimum absolute atomic E-state index is 0.0174. The fraction of sp³-hybridized carbons (Fsp3) is 0.400. The normalized spacial score (nSPS) is 18.5. The zero-order chi connectivity index (χ0) is 24.6. The second-order valence-electron chi connectivity index (χ2n) is 9.09. The Morgan fingerprint density at radius 3 is 2.35 bits per heavy atom. The molecule has 1 fully saturated rings. The molecule has 2 heterocycles. The Hall–Kier alpha value is -3.75. The van der Waals surface area contributed by atoms with Gasteiger partial charge in [-0.2, -0.15) is 0 Å². The summed E-state index contributed by atoms with van der Waals surface area (Å²) in [6, 6.07) is 12.9. The number of nitrogens with one attached hydrogen (secondary N) is 1. The molecular formula is C25H31N5O4. The standard InChI is InChI=1S/C25H31N5O4/c1-16-23(31)28(4)21-9-8-19(26-18-7-5-6-17(14-18)24(32)27(2)3)15-22(21)30(16)20-10-12-29(13-11-20)25(33)34/h5-9,14-16,20,26H,10-13H2,1-4H3,(H,33,34)/t16-/m1/s1. The number of piperidine rings is 1. The number of rotatable bonds is 4. The van der Waals surface area contributed by atoms with Crippen LogP contribution in [0.25, 0.3) is 0 Å². The Labute approximate surface area is 199 Å². The van der Waals surface area contributed by atoms with Crippen molar-refractivity contribution in [1.82, 2.24) is 9.80 Å². The van der Waals surface area contributed by atoms with E-state index in [9.17, 15) is 19.5 Å². The monoisotopic (exact) mass is 465 g/mol. The average Bonchev–Trinajstić information content (AvgIpc) is 2.82. The van der Waals surface area contributed by atoms with Gasteiger partial charge in [0.15, 0.2) is 0 Å². The Morgan fingerprint density at radius 1 is 1.03 bits per heavy atom. The van der Waals surface area contributed by atoms with Gasteiger partial charge in [-0.25, -0.2) is 4.79 Å². The smallest absolute Gasteiger partial charge is 0.407 e. The molecule has 0 aliphatic carbocycles. The highest BCUT2D eigenvalue weighted by atomic mass is 16.4. The van der Waals surface area contributed by atoms with Crippen LogP contribution >= 0.6 is 0 Å². The van der Waals surface area contributed by atoms with Crippen molar-refractivity contribution < 1.29 is 19.5 Å². The molecule has 2 aromatic carbocycles. The van der Waals surface area contributed by atoms with Gasteiger partial charge in [-0.3, -0.25) is 9.59 Å². The third-order valence-corrected chi connectivity index (χ3v) is 6.65. The number of benzene rings is 2. The number of likely N-dealkylation sites (N-methyl/N-ethyl adjacent to an activating group) is 1. The van der Waals surface area contributed by atoms with Gasteiger partial charge in [0, 0.05) is 57.2 Å². The summed E-state index contributed by atoms with van der Waals surface area (Å²) in [6.07, 6.45) is 0.432. The highest BCUT2D eigenvalue weighted by Gasteiger charge is 2.39. The number of carbonyl (C=O) groups excluding carboxylic acids is 2. The first-order chi connectivity index (χ1) is 16.2. The van der Waals surface area contributed by atoms with Crippen LogP contribution in [0.4, 0.5) is 27.5 Å². The molecule has 34 heavy (non-hydrogen) atoms. The summed E-state index contributed by atoms with van der Waals surface area (Å²) < 4.78 is 0. The van der Waals surface area contributed by atoms with Gasteiger partial charge in [0.25, 0.3) is 5.91 Å². The topological polar surface area (TPSA) is 96.4 Å². The van der Waals surface area contributed by atoms with Crippen LogP contribution < -0.4 is 15.1 Å². The molecule has 1 atom stereocenters.